The van der Waals surface area contributed by atoms with Gasteiger partial charge in [-0.2, -0.15) is 0 Å². The van der Waals surface area contributed by atoms with Crippen LogP contribution in [0.3, 0.4) is 0 Å². The highest BCUT2D eigenvalue weighted by Gasteiger charge is 2.57. The molecule has 6 nitrogen and oxygen atoms in total. The van der Waals surface area contributed by atoms with Gasteiger partial charge in [0.2, 0.25) is 15.9 Å². The monoisotopic (exact) mass is 323 g/mol. The third kappa shape index (κ3) is 2.88. The van der Waals surface area contributed by atoms with Gasteiger partial charge in [-0.15, -0.1) is 0 Å². The van der Waals surface area contributed by atoms with Gasteiger partial charge in [0.1, 0.15) is 0 Å². The first-order chi connectivity index (χ1) is 10.3. The van der Waals surface area contributed by atoms with E-state index >= 15 is 0 Å². The molecule has 4 N–H and O–H groups in total. The van der Waals surface area contributed by atoms with Gasteiger partial charge in [-0.3, -0.25) is 4.79 Å². The van der Waals surface area contributed by atoms with Crippen LogP contribution in [0.4, 0.5) is 5.69 Å². The average molecular weight is 323 g/mol. The van der Waals surface area contributed by atoms with Crippen molar-refractivity contribution in [2.75, 3.05) is 18.4 Å². The van der Waals surface area contributed by atoms with E-state index in [9.17, 15) is 13.2 Å². The maximum absolute atomic E-state index is 12.4. The number of carbonyl (C=O) groups excluding carboxylic acids is 1. The lowest BCUT2D eigenvalue weighted by atomic mass is 9.92. The highest BCUT2D eigenvalue weighted by Crippen LogP contribution is 2.58. The second-order valence-electron chi connectivity index (χ2n) is 6.38. The molecule has 1 aliphatic carbocycles. The Hall–Kier alpha value is -1.44. The number of piperidine rings is 1. The van der Waals surface area contributed by atoms with Crippen molar-refractivity contribution in [1.82, 2.24) is 5.32 Å². The molecule has 2 aliphatic rings. The minimum absolute atomic E-state index is 0.0221. The molecule has 0 bridgehead atoms. The van der Waals surface area contributed by atoms with Crippen molar-refractivity contribution in [3.8, 4) is 0 Å². The minimum atomic E-state index is -3.78. The second-order valence-corrected chi connectivity index (χ2v) is 7.91. The Bertz CT molecular complexity index is 709. The van der Waals surface area contributed by atoms with Gasteiger partial charge in [-0.1, -0.05) is 6.07 Å². The van der Waals surface area contributed by atoms with Crippen molar-refractivity contribution in [3.63, 3.8) is 0 Å². The topological polar surface area (TPSA) is 101 Å². The van der Waals surface area contributed by atoms with E-state index < -0.39 is 10.0 Å². The summed E-state index contributed by atoms with van der Waals surface area (Å²) in [6.45, 7) is 3.60. The van der Waals surface area contributed by atoms with Crippen molar-refractivity contribution in [2.24, 2.45) is 16.5 Å². The number of hydrogen-bond donors (Lipinski definition) is 3. The van der Waals surface area contributed by atoms with E-state index in [1.165, 1.54) is 6.07 Å². The predicted molar refractivity (Wildman–Crippen MR) is 83.8 cm³/mol. The van der Waals surface area contributed by atoms with Crippen LogP contribution in [0.1, 0.15) is 24.8 Å². The molecule has 1 spiro atoms. The second kappa shape index (κ2) is 5.33. The normalized spacial score (nSPS) is 23.3. The van der Waals surface area contributed by atoms with E-state index in [2.05, 4.69) is 10.6 Å². The summed E-state index contributed by atoms with van der Waals surface area (Å²) in [6.07, 6.45) is 2.98. The number of anilines is 1. The van der Waals surface area contributed by atoms with Crippen LogP contribution in [0.15, 0.2) is 23.1 Å². The van der Waals surface area contributed by atoms with Gasteiger partial charge in [-0.05, 0) is 62.4 Å². The smallest absolute Gasteiger partial charge is 0.238 e. The molecule has 0 radical (unpaired) electrons. The lowest BCUT2D eigenvalue weighted by molar-refractivity contribution is -0.118. The Kier molecular flexibility index (Phi) is 3.74. The molecule has 1 heterocycles. The Morgan fingerprint density at radius 3 is 2.68 bits per heavy atom. The van der Waals surface area contributed by atoms with E-state index in [4.69, 9.17) is 5.14 Å². The molecule has 3 rings (SSSR count). The van der Waals surface area contributed by atoms with Crippen LogP contribution in [-0.4, -0.2) is 27.4 Å². The molecule has 1 saturated carbocycles. The number of sulfonamides is 1. The van der Waals surface area contributed by atoms with Gasteiger partial charge < -0.3 is 10.6 Å². The summed E-state index contributed by atoms with van der Waals surface area (Å²) in [5.41, 5.74) is 1.21. The number of rotatable bonds is 3. The van der Waals surface area contributed by atoms with Gasteiger partial charge in [-0.25, -0.2) is 13.6 Å². The van der Waals surface area contributed by atoms with Gasteiger partial charge >= 0.3 is 0 Å². The molecular weight excluding hydrogens is 302 g/mol. The largest absolute Gasteiger partial charge is 0.326 e. The van der Waals surface area contributed by atoms with Crippen LogP contribution >= 0.6 is 0 Å². The molecule has 1 aromatic carbocycles. The molecule has 1 amide bonds. The maximum atomic E-state index is 12.4. The summed E-state index contributed by atoms with van der Waals surface area (Å²) in [5.74, 6) is 0.0139. The number of aryl methyl sites for hydroxylation is 1. The molecule has 120 valence electrons. The van der Waals surface area contributed by atoms with E-state index in [1.807, 2.05) is 0 Å². The summed E-state index contributed by atoms with van der Waals surface area (Å²) in [6, 6.07) is 4.79. The molecule has 1 unspecified atom stereocenters. The van der Waals surface area contributed by atoms with Gasteiger partial charge in [0.15, 0.2) is 0 Å². The number of hydrogen-bond acceptors (Lipinski definition) is 4. The van der Waals surface area contributed by atoms with Crippen molar-refractivity contribution in [2.45, 2.75) is 31.1 Å². The maximum Gasteiger partial charge on any atom is 0.238 e. The first-order valence-electron chi connectivity index (χ1n) is 7.47. The van der Waals surface area contributed by atoms with Gasteiger partial charge in [0.25, 0.3) is 0 Å². The molecule has 1 atom stereocenters. The number of nitrogens with two attached hydrogens (primary N) is 1. The van der Waals surface area contributed by atoms with Gasteiger partial charge in [0.05, 0.1) is 4.90 Å². The lowest BCUT2D eigenvalue weighted by Crippen LogP contribution is -2.31. The Labute approximate surface area is 130 Å². The molecule has 1 saturated heterocycles. The zero-order chi connectivity index (χ0) is 16.0. The number of amides is 1. The predicted octanol–water partition coefficient (Wildman–Crippen LogP) is 0.971. The number of nitrogens with one attached hydrogen (secondary N) is 2. The van der Waals surface area contributed by atoms with Gasteiger partial charge in [0, 0.05) is 11.6 Å². The third-order valence-electron chi connectivity index (χ3n) is 4.87. The zero-order valence-corrected chi connectivity index (χ0v) is 13.4. The van der Waals surface area contributed by atoms with Crippen LogP contribution in [0.5, 0.6) is 0 Å². The van der Waals surface area contributed by atoms with Crippen LogP contribution < -0.4 is 15.8 Å². The van der Waals surface area contributed by atoms with Crippen LogP contribution in [-0.2, 0) is 14.8 Å². The van der Waals surface area contributed by atoms with E-state index in [-0.39, 0.29) is 22.1 Å². The molecule has 1 aliphatic heterocycles. The fraction of sp³-hybridized carbons (Fsp3) is 0.533. The van der Waals surface area contributed by atoms with Crippen molar-refractivity contribution in [3.05, 3.63) is 23.8 Å². The molecule has 2 fully saturated rings. The SMILES string of the molecule is Cc1ccc(NC(=O)C2CC23CCNCC3)cc1S(N)(=O)=O. The van der Waals surface area contributed by atoms with Crippen LogP contribution in [0.2, 0.25) is 0 Å². The Balaban J connectivity index is 1.73. The Morgan fingerprint density at radius 1 is 1.36 bits per heavy atom. The van der Waals surface area contributed by atoms with E-state index in [1.54, 1.807) is 19.1 Å². The summed E-state index contributed by atoms with van der Waals surface area (Å²) in [7, 11) is -3.78. The molecule has 7 heteroatoms. The van der Waals surface area contributed by atoms with E-state index in [0.717, 1.165) is 32.4 Å². The van der Waals surface area contributed by atoms with Crippen LogP contribution in [0, 0.1) is 18.3 Å². The Morgan fingerprint density at radius 2 is 2.05 bits per heavy atom. The summed E-state index contributed by atoms with van der Waals surface area (Å²) in [4.78, 5) is 12.4. The first-order valence-corrected chi connectivity index (χ1v) is 9.02. The average Bonchev–Trinajstić information content (AvgIpc) is 3.14. The summed E-state index contributed by atoms with van der Waals surface area (Å²) < 4.78 is 23.1. The number of primary sulfonamides is 1. The third-order valence-corrected chi connectivity index (χ3v) is 5.92. The van der Waals surface area contributed by atoms with Crippen molar-refractivity contribution >= 4 is 21.6 Å². The quantitative estimate of drug-likeness (QED) is 0.771. The fourth-order valence-corrected chi connectivity index (χ4v) is 4.22. The lowest BCUT2D eigenvalue weighted by Gasteiger charge is -2.23. The van der Waals surface area contributed by atoms with Crippen LogP contribution in [0.25, 0.3) is 0 Å². The summed E-state index contributed by atoms with van der Waals surface area (Å²) in [5, 5.41) is 11.3. The highest BCUT2D eigenvalue weighted by atomic mass is 32.2. The standard InChI is InChI=1S/C15H21N3O3S/c1-10-2-3-11(8-13(10)22(16,20)21)18-14(19)12-9-15(12)4-6-17-7-5-15/h2-3,8,12,17H,4-7,9H2,1H3,(H,18,19)(H2,16,20,21). The number of benzene rings is 1. The molecular formula is C15H21N3O3S. The number of carbonyl (C=O) groups is 1. The molecule has 1 aromatic rings. The summed E-state index contributed by atoms with van der Waals surface area (Å²) >= 11 is 0. The van der Waals surface area contributed by atoms with E-state index in [0.29, 0.717) is 11.3 Å². The fourth-order valence-electron chi connectivity index (χ4n) is 3.41. The molecule has 22 heavy (non-hydrogen) atoms. The first kappa shape index (κ1) is 15.5. The van der Waals surface area contributed by atoms with Crippen molar-refractivity contribution < 1.29 is 13.2 Å². The highest BCUT2D eigenvalue weighted by molar-refractivity contribution is 7.89. The minimum Gasteiger partial charge on any atom is -0.326 e. The van der Waals surface area contributed by atoms with Crippen molar-refractivity contribution in [1.29, 1.82) is 0 Å². The zero-order valence-electron chi connectivity index (χ0n) is 12.6. The molecule has 0 aromatic heterocycles.